The predicted octanol–water partition coefficient (Wildman–Crippen LogP) is 0.980. The Kier molecular flexibility index (Phi) is 7.79. The average Bonchev–Trinajstić information content (AvgIpc) is 2.69. The van der Waals surface area contributed by atoms with Gasteiger partial charge in [-0.2, -0.15) is 0 Å². The van der Waals surface area contributed by atoms with Gasteiger partial charge in [-0.05, 0) is 25.9 Å². The topological polar surface area (TPSA) is 77.8 Å². The van der Waals surface area contributed by atoms with Gasteiger partial charge >= 0.3 is 11.9 Å². The van der Waals surface area contributed by atoms with Gasteiger partial charge in [-0.25, -0.2) is 9.59 Å². The SMILES string of the molecule is C=CCN1CCCC1.O=C(O)C=CC(=O)O. The maximum absolute atomic E-state index is 9.55. The first-order valence-corrected chi connectivity index (χ1v) is 5.03. The third-order valence-electron chi connectivity index (χ3n) is 1.95. The van der Waals surface area contributed by atoms with Crippen LogP contribution in [0.15, 0.2) is 24.8 Å². The van der Waals surface area contributed by atoms with E-state index in [9.17, 15) is 9.59 Å². The van der Waals surface area contributed by atoms with Crippen molar-refractivity contribution in [1.29, 1.82) is 0 Å². The zero-order valence-electron chi connectivity index (χ0n) is 9.13. The number of hydrogen-bond acceptors (Lipinski definition) is 3. The smallest absolute Gasteiger partial charge is 0.328 e. The molecule has 0 aliphatic carbocycles. The van der Waals surface area contributed by atoms with Gasteiger partial charge in [0.25, 0.3) is 0 Å². The van der Waals surface area contributed by atoms with Gasteiger partial charge in [-0.15, -0.1) is 6.58 Å². The molecule has 2 N–H and O–H groups in total. The van der Waals surface area contributed by atoms with Gasteiger partial charge in [-0.1, -0.05) is 6.08 Å². The van der Waals surface area contributed by atoms with Gasteiger partial charge < -0.3 is 10.2 Å². The van der Waals surface area contributed by atoms with E-state index in [1.54, 1.807) is 0 Å². The molecule has 1 fully saturated rings. The van der Waals surface area contributed by atoms with Crippen LogP contribution in [0.1, 0.15) is 12.8 Å². The minimum Gasteiger partial charge on any atom is -0.478 e. The van der Waals surface area contributed by atoms with Crippen LogP contribution in [0.5, 0.6) is 0 Å². The average molecular weight is 227 g/mol. The Hall–Kier alpha value is -1.62. The van der Waals surface area contributed by atoms with Crippen molar-refractivity contribution in [2.75, 3.05) is 19.6 Å². The Balaban J connectivity index is 0.000000281. The number of hydrogen-bond donors (Lipinski definition) is 2. The molecule has 5 heteroatoms. The summed E-state index contributed by atoms with van der Waals surface area (Å²) in [6, 6.07) is 0. The van der Waals surface area contributed by atoms with E-state index in [0.717, 1.165) is 6.54 Å². The fraction of sp³-hybridized carbons (Fsp3) is 0.455. The van der Waals surface area contributed by atoms with E-state index >= 15 is 0 Å². The molecule has 0 aromatic rings. The molecule has 0 saturated carbocycles. The summed E-state index contributed by atoms with van der Waals surface area (Å²) in [4.78, 5) is 21.5. The van der Waals surface area contributed by atoms with Crippen LogP contribution in [0.25, 0.3) is 0 Å². The van der Waals surface area contributed by atoms with Crippen LogP contribution in [0.2, 0.25) is 0 Å². The number of rotatable bonds is 4. The summed E-state index contributed by atoms with van der Waals surface area (Å²) in [6.45, 7) is 7.33. The van der Waals surface area contributed by atoms with Crippen LogP contribution in [0.3, 0.4) is 0 Å². The van der Waals surface area contributed by atoms with Crippen LogP contribution < -0.4 is 0 Å². The van der Waals surface area contributed by atoms with Gasteiger partial charge in [0.1, 0.15) is 0 Å². The lowest BCUT2D eigenvalue weighted by atomic mass is 10.4. The Morgan fingerprint density at radius 3 is 1.88 bits per heavy atom. The van der Waals surface area contributed by atoms with Gasteiger partial charge in [0, 0.05) is 18.7 Å². The lowest BCUT2D eigenvalue weighted by Crippen LogP contribution is -2.18. The van der Waals surface area contributed by atoms with E-state index in [-0.39, 0.29) is 0 Å². The zero-order chi connectivity index (χ0) is 12.4. The maximum Gasteiger partial charge on any atom is 0.328 e. The highest BCUT2D eigenvalue weighted by Crippen LogP contribution is 2.05. The second kappa shape index (κ2) is 8.67. The Labute approximate surface area is 94.7 Å². The van der Waals surface area contributed by atoms with Crippen molar-refractivity contribution in [3.05, 3.63) is 24.8 Å². The van der Waals surface area contributed by atoms with E-state index in [0.29, 0.717) is 12.2 Å². The van der Waals surface area contributed by atoms with Crippen molar-refractivity contribution in [2.45, 2.75) is 12.8 Å². The van der Waals surface area contributed by atoms with Crippen LogP contribution in [0.4, 0.5) is 0 Å². The Morgan fingerprint density at radius 2 is 1.56 bits per heavy atom. The molecular formula is C11H17NO4. The van der Waals surface area contributed by atoms with Gasteiger partial charge in [0.05, 0.1) is 0 Å². The number of carboxylic acid groups (broad SMARTS) is 2. The summed E-state index contributed by atoms with van der Waals surface area (Å²) in [5.74, 6) is -2.51. The first kappa shape index (κ1) is 14.4. The first-order chi connectivity index (χ1) is 7.56. The molecule has 1 rings (SSSR count). The number of carbonyl (C=O) groups is 2. The van der Waals surface area contributed by atoms with E-state index in [4.69, 9.17) is 10.2 Å². The van der Waals surface area contributed by atoms with Gasteiger partial charge in [0.15, 0.2) is 0 Å². The van der Waals surface area contributed by atoms with Crippen molar-refractivity contribution >= 4 is 11.9 Å². The zero-order valence-corrected chi connectivity index (χ0v) is 9.13. The highest BCUT2D eigenvalue weighted by Gasteiger charge is 2.07. The number of carboxylic acids is 2. The molecule has 0 bridgehead atoms. The molecule has 5 nitrogen and oxygen atoms in total. The molecule has 90 valence electrons. The van der Waals surface area contributed by atoms with Crippen molar-refractivity contribution in [2.24, 2.45) is 0 Å². The summed E-state index contributed by atoms with van der Waals surface area (Å²) in [6.07, 6.45) is 5.86. The minimum absolute atomic E-state index is 0.558. The van der Waals surface area contributed by atoms with Crippen molar-refractivity contribution < 1.29 is 19.8 Å². The van der Waals surface area contributed by atoms with Crippen LogP contribution >= 0.6 is 0 Å². The molecule has 16 heavy (non-hydrogen) atoms. The highest BCUT2D eigenvalue weighted by molar-refractivity contribution is 5.89. The number of aliphatic carboxylic acids is 2. The minimum atomic E-state index is -1.26. The molecule has 0 radical (unpaired) electrons. The molecule has 0 spiro atoms. The standard InChI is InChI=1S/C7H13N.C4H4O4/c1-2-5-8-6-3-4-7-8;5-3(6)1-2-4(7)8/h2H,1,3-7H2;1-2H,(H,5,6)(H,7,8). The summed E-state index contributed by atoms with van der Waals surface area (Å²) in [7, 11) is 0. The molecule has 1 heterocycles. The van der Waals surface area contributed by atoms with Gasteiger partial charge in [0.2, 0.25) is 0 Å². The Morgan fingerprint density at radius 1 is 1.12 bits per heavy atom. The van der Waals surface area contributed by atoms with Crippen LogP contribution in [0, 0.1) is 0 Å². The van der Waals surface area contributed by atoms with Gasteiger partial charge in [-0.3, -0.25) is 4.90 Å². The summed E-state index contributed by atoms with van der Waals surface area (Å²) in [5.41, 5.74) is 0. The molecule has 0 aromatic heterocycles. The van der Waals surface area contributed by atoms with E-state index in [1.807, 2.05) is 6.08 Å². The Bertz CT molecular complexity index is 251. The van der Waals surface area contributed by atoms with E-state index in [2.05, 4.69) is 11.5 Å². The monoisotopic (exact) mass is 227 g/mol. The summed E-state index contributed by atoms with van der Waals surface area (Å²) < 4.78 is 0. The van der Waals surface area contributed by atoms with E-state index < -0.39 is 11.9 Å². The fourth-order valence-corrected chi connectivity index (χ4v) is 1.29. The van der Waals surface area contributed by atoms with E-state index in [1.165, 1.54) is 25.9 Å². The molecule has 1 aliphatic rings. The van der Waals surface area contributed by atoms with Crippen molar-refractivity contribution in [3.8, 4) is 0 Å². The largest absolute Gasteiger partial charge is 0.478 e. The number of likely N-dealkylation sites (tertiary alicyclic amines) is 1. The molecule has 0 atom stereocenters. The normalized spacial score (nSPS) is 15.5. The third-order valence-corrected chi connectivity index (χ3v) is 1.95. The number of nitrogens with zero attached hydrogens (tertiary/aromatic N) is 1. The lowest BCUT2D eigenvalue weighted by molar-refractivity contribution is -0.134. The second-order valence-electron chi connectivity index (χ2n) is 3.31. The molecule has 1 saturated heterocycles. The van der Waals surface area contributed by atoms with Crippen LogP contribution in [-0.2, 0) is 9.59 Å². The summed E-state index contributed by atoms with van der Waals surface area (Å²) in [5, 5.41) is 15.6. The third kappa shape index (κ3) is 8.96. The first-order valence-electron chi connectivity index (χ1n) is 5.03. The molecule has 0 unspecified atom stereocenters. The molecule has 0 aromatic carbocycles. The second-order valence-corrected chi connectivity index (χ2v) is 3.31. The van der Waals surface area contributed by atoms with Crippen molar-refractivity contribution in [3.63, 3.8) is 0 Å². The molecule has 0 amide bonds. The lowest BCUT2D eigenvalue weighted by Gasteiger charge is -2.09. The maximum atomic E-state index is 9.55. The summed E-state index contributed by atoms with van der Waals surface area (Å²) >= 11 is 0. The van der Waals surface area contributed by atoms with Crippen LogP contribution in [-0.4, -0.2) is 46.7 Å². The van der Waals surface area contributed by atoms with Crippen molar-refractivity contribution in [1.82, 2.24) is 4.90 Å². The fourth-order valence-electron chi connectivity index (χ4n) is 1.29. The highest BCUT2D eigenvalue weighted by atomic mass is 16.4. The molecular weight excluding hydrogens is 210 g/mol. The molecule has 1 aliphatic heterocycles. The quantitative estimate of drug-likeness (QED) is 0.553. The predicted molar refractivity (Wildman–Crippen MR) is 60.3 cm³/mol.